The van der Waals surface area contributed by atoms with Crippen LogP contribution in [0.1, 0.15) is 5.69 Å². The van der Waals surface area contributed by atoms with E-state index in [1.54, 1.807) is 24.4 Å². The fraction of sp³-hybridized carbons (Fsp3) is 0. The molecule has 2 rings (SSSR count). The number of pyridine rings is 2. The first kappa shape index (κ1) is 11.5. The zero-order valence-electron chi connectivity index (χ0n) is 9.16. The van der Waals surface area contributed by atoms with Crippen LogP contribution in [0.4, 0.5) is 10.5 Å². The van der Waals surface area contributed by atoms with E-state index >= 15 is 0 Å². The van der Waals surface area contributed by atoms with Gasteiger partial charge in [-0.05, 0) is 23.8 Å². The Balaban J connectivity index is 2.38. The van der Waals surface area contributed by atoms with Crippen molar-refractivity contribution in [2.24, 2.45) is 0 Å². The van der Waals surface area contributed by atoms with Gasteiger partial charge in [-0.2, -0.15) is 5.26 Å². The average Bonchev–Trinajstić information content (AvgIpc) is 2.38. The molecule has 6 heteroatoms. The van der Waals surface area contributed by atoms with Crippen molar-refractivity contribution in [3.8, 4) is 17.2 Å². The van der Waals surface area contributed by atoms with Crippen LogP contribution >= 0.6 is 0 Å². The smallest absolute Gasteiger partial charge is 0.409 e. The molecule has 18 heavy (non-hydrogen) atoms. The van der Waals surface area contributed by atoms with Gasteiger partial charge in [-0.3, -0.25) is 10.3 Å². The average molecular weight is 240 g/mol. The van der Waals surface area contributed by atoms with Crippen LogP contribution in [0.25, 0.3) is 11.1 Å². The van der Waals surface area contributed by atoms with E-state index in [2.05, 4.69) is 15.3 Å². The van der Waals surface area contributed by atoms with E-state index in [0.29, 0.717) is 16.9 Å². The van der Waals surface area contributed by atoms with Crippen LogP contribution in [0.15, 0.2) is 36.8 Å². The molecule has 0 saturated carbocycles. The Morgan fingerprint density at radius 3 is 2.89 bits per heavy atom. The third-order valence-corrected chi connectivity index (χ3v) is 2.20. The Hall–Kier alpha value is -2.94. The number of hydrogen-bond donors (Lipinski definition) is 2. The third kappa shape index (κ3) is 2.59. The summed E-state index contributed by atoms with van der Waals surface area (Å²) in [6, 6.07) is 6.92. The number of nitriles is 1. The maximum Gasteiger partial charge on any atom is 0.409 e. The molecule has 0 unspecified atom stereocenters. The lowest BCUT2D eigenvalue weighted by molar-refractivity contribution is 0.209. The van der Waals surface area contributed by atoms with Crippen molar-refractivity contribution in [1.82, 2.24) is 9.97 Å². The van der Waals surface area contributed by atoms with E-state index < -0.39 is 6.09 Å². The molecule has 1 amide bonds. The number of carboxylic acid groups (broad SMARTS) is 1. The number of carbonyl (C=O) groups is 1. The van der Waals surface area contributed by atoms with Gasteiger partial charge in [0.05, 0.1) is 11.9 Å². The van der Waals surface area contributed by atoms with Crippen LogP contribution in [-0.4, -0.2) is 21.2 Å². The molecular formula is C12H8N4O2. The maximum atomic E-state index is 10.5. The van der Waals surface area contributed by atoms with Gasteiger partial charge in [0, 0.05) is 18.0 Å². The number of aromatic nitrogens is 2. The van der Waals surface area contributed by atoms with E-state index in [-0.39, 0.29) is 0 Å². The van der Waals surface area contributed by atoms with Crippen molar-refractivity contribution in [2.75, 3.05) is 5.32 Å². The summed E-state index contributed by atoms with van der Waals surface area (Å²) in [5.41, 5.74) is 2.13. The summed E-state index contributed by atoms with van der Waals surface area (Å²) in [5, 5.41) is 19.6. The predicted octanol–water partition coefficient (Wildman–Crippen LogP) is 2.11. The number of amides is 1. The monoisotopic (exact) mass is 240 g/mol. The van der Waals surface area contributed by atoms with E-state index in [4.69, 9.17) is 10.4 Å². The van der Waals surface area contributed by atoms with Crippen LogP contribution in [0.2, 0.25) is 0 Å². The van der Waals surface area contributed by atoms with Crippen molar-refractivity contribution < 1.29 is 9.90 Å². The van der Waals surface area contributed by atoms with Gasteiger partial charge in [0.1, 0.15) is 11.8 Å². The van der Waals surface area contributed by atoms with Crippen LogP contribution in [0, 0.1) is 11.3 Å². The minimum atomic E-state index is -1.15. The molecule has 0 atom stereocenters. The first-order chi connectivity index (χ1) is 8.69. The van der Waals surface area contributed by atoms with Crippen molar-refractivity contribution in [2.45, 2.75) is 0 Å². The van der Waals surface area contributed by atoms with Crippen LogP contribution in [0.3, 0.4) is 0 Å². The maximum absolute atomic E-state index is 10.5. The summed E-state index contributed by atoms with van der Waals surface area (Å²) in [7, 11) is 0. The number of nitrogens with one attached hydrogen (secondary N) is 1. The second-order valence-electron chi connectivity index (χ2n) is 3.43. The second kappa shape index (κ2) is 4.93. The lowest BCUT2D eigenvalue weighted by atomic mass is 10.1. The molecule has 0 spiro atoms. The highest BCUT2D eigenvalue weighted by Gasteiger charge is 2.03. The molecule has 0 fully saturated rings. The molecule has 6 nitrogen and oxygen atoms in total. The Morgan fingerprint density at radius 1 is 1.33 bits per heavy atom. The van der Waals surface area contributed by atoms with Crippen molar-refractivity contribution in [3.05, 3.63) is 42.5 Å². The molecule has 2 N–H and O–H groups in total. The molecule has 2 aromatic heterocycles. The van der Waals surface area contributed by atoms with Crippen molar-refractivity contribution >= 4 is 11.8 Å². The first-order valence-corrected chi connectivity index (χ1v) is 5.00. The summed E-state index contributed by atoms with van der Waals surface area (Å²) < 4.78 is 0. The summed E-state index contributed by atoms with van der Waals surface area (Å²) in [6.45, 7) is 0. The summed E-state index contributed by atoms with van der Waals surface area (Å²) in [5.74, 6) is 0. The normalized spacial score (nSPS) is 9.50. The Bertz CT molecular complexity index is 634. The van der Waals surface area contributed by atoms with Crippen LogP contribution in [0.5, 0.6) is 0 Å². The van der Waals surface area contributed by atoms with Gasteiger partial charge in [-0.15, -0.1) is 0 Å². The molecular weight excluding hydrogens is 232 g/mol. The van der Waals surface area contributed by atoms with Gasteiger partial charge < -0.3 is 5.11 Å². The molecule has 0 aliphatic rings. The standard InChI is InChI=1S/C12H8N4O2/c13-5-10-3-8(1-2-15-10)9-4-11(7-14-6-9)16-12(17)18/h1-4,6-7,16H,(H,17,18). The van der Waals surface area contributed by atoms with Gasteiger partial charge in [0.15, 0.2) is 0 Å². The lowest BCUT2D eigenvalue weighted by Crippen LogP contribution is -2.07. The number of rotatable bonds is 2. The quantitative estimate of drug-likeness (QED) is 0.837. The summed E-state index contributed by atoms with van der Waals surface area (Å²) >= 11 is 0. The Labute approximate surface area is 103 Å². The fourth-order valence-corrected chi connectivity index (χ4v) is 1.46. The molecule has 2 aromatic rings. The van der Waals surface area contributed by atoms with E-state index in [9.17, 15) is 4.79 Å². The zero-order chi connectivity index (χ0) is 13.0. The third-order valence-electron chi connectivity index (χ3n) is 2.20. The predicted molar refractivity (Wildman–Crippen MR) is 63.8 cm³/mol. The second-order valence-corrected chi connectivity index (χ2v) is 3.43. The topological polar surface area (TPSA) is 98.9 Å². The van der Waals surface area contributed by atoms with Gasteiger partial charge >= 0.3 is 6.09 Å². The summed E-state index contributed by atoms with van der Waals surface area (Å²) in [4.78, 5) is 18.3. The van der Waals surface area contributed by atoms with Crippen molar-refractivity contribution in [3.63, 3.8) is 0 Å². The molecule has 0 aromatic carbocycles. The van der Waals surface area contributed by atoms with Gasteiger partial charge in [0.2, 0.25) is 0 Å². The molecule has 0 bridgehead atoms. The minimum Gasteiger partial charge on any atom is -0.465 e. The first-order valence-electron chi connectivity index (χ1n) is 5.00. The van der Waals surface area contributed by atoms with Crippen LogP contribution < -0.4 is 5.32 Å². The highest BCUT2D eigenvalue weighted by Crippen LogP contribution is 2.21. The Morgan fingerprint density at radius 2 is 2.17 bits per heavy atom. The molecule has 88 valence electrons. The molecule has 0 aliphatic heterocycles. The van der Waals surface area contributed by atoms with Gasteiger partial charge in [0.25, 0.3) is 0 Å². The molecule has 0 saturated heterocycles. The highest BCUT2D eigenvalue weighted by atomic mass is 16.4. The lowest BCUT2D eigenvalue weighted by Gasteiger charge is -2.04. The van der Waals surface area contributed by atoms with E-state index in [1.165, 1.54) is 12.4 Å². The van der Waals surface area contributed by atoms with Gasteiger partial charge in [-0.1, -0.05) is 0 Å². The van der Waals surface area contributed by atoms with E-state index in [1.807, 2.05) is 6.07 Å². The largest absolute Gasteiger partial charge is 0.465 e. The SMILES string of the molecule is N#Cc1cc(-c2cncc(NC(=O)O)c2)ccn1. The minimum absolute atomic E-state index is 0.295. The highest BCUT2D eigenvalue weighted by molar-refractivity contribution is 5.83. The number of hydrogen-bond acceptors (Lipinski definition) is 4. The van der Waals surface area contributed by atoms with Gasteiger partial charge in [-0.25, -0.2) is 9.78 Å². The zero-order valence-corrected chi connectivity index (χ0v) is 9.16. The van der Waals surface area contributed by atoms with E-state index in [0.717, 1.165) is 5.56 Å². The molecule has 2 heterocycles. The van der Waals surface area contributed by atoms with Crippen LogP contribution in [-0.2, 0) is 0 Å². The molecule has 0 radical (unpaired) electrons. The number of nitrogens with zero attached hydrogens (tertiary/aromatic N) is 3. The molecule has 0 aliphatic carbocycles. The Kier molecular flexibility index (Phi) is 3.16. The fourth-order valence-electron chi connectivity index (χ4n) is 1.46. The summed E-state index contributed by atoms with van der Waals surface area (Å²) in [6.07, 6.45) is 3.36. The number of anilines is 1. The van der Waals surface area contributed by atoms with Crippen molar-refractivity contribution in [1.29, 1.82) is 5.26 Å².